The molecule has 1 aromatic carbocycles. The fourth-order valence-electron chi connectivity index (χ4n) is 2.01. The average Bonchev–Trinajstić information content (AvgIpc) is 3.05. The molecule has 0 spiro atoms. The van der Waals surface area contributed by atoms with Gasteiger partial charge >= 0.3 is 6.09 Å². The lowest BCUT2D eigenvalue weighted by Crippen LogP contribution is -2.45. The van der Waals surface area contributed by atoms with Gasteiger partial charge in [0, 0.05) is 0 Å². The van der Waals surface area contributed by atoms with E-state index in [1.165, 1.54) is 7.11 Å². The molecule has 23 heavy (non-hydrogen) atoms. The van der Waals surface area contributed by atoms with E-state index in [9.17, 15) is 9.59 Å². The van der Waals surface area contributed by atoms with Gasteiger partial charge in [0.05, 0.1) is 26.6 Å². The molecule has 1 heterocycles. The lowest BCUT2D eigenvalue weighted by Gasteiger charge is -2.21. The van der Waals surface area contributed by atoms with Crippen LogP contribution >= 0.6 is 0 Å². The first-order chi connectivity index (χ1) is 11.1. The van der Waals surface area contributed by atoms with E-state index in [1.54, 1.807) is 0 Å². The second-order valence-corrected chi connectivity index (χ2v) is 4.87. The summed E-state index contributed by atoms with van der Waals surface area (Å²) in [4.78, 5) is 30.1. The van der Waals surface area contributed by atoms with Gasteiger partial charge in [-0.1, -0.05) is 35.5 Å². The minimum absolute atomic E-state index is 0.0000162. The number of ether oxygens (including phenoxy) is 2. The third-order valence-electron chi connectivity index (χ3n) is 3.23. The predicted octanol–water partition coefficient (Wildman–Crippen LogP) is 0.859. The summed E-state index contributed by atoms with van der Waals surface area (Å²) in [7, 11) is 1.47. The van der Waals surface area contributed by atoms with Crippen molar-refractivity contribution in [3.05, 3.63) is 35.9 Å². The number of methoxy groups -OCH3 is 1. The maximum Gasteiger partial charge on any atom is 0.417 e. The molecule has 2 N–H and O–H groups in total. The van der Waals surface area contributed by atoms with Gasteiger partial charge in [0.1, 0.15) is 6.61 Å². The van der Waals surface area contributed by atoms with Crippen LogP contribution in [0.3, 0.4) is 0 Å². The van der Waals surface area contributed by atoms with Crippen LogP contribution < -0.4 is 5.73 Å². The number of imide groups is 1. The van der Waals surface area contributed by atoms with Crippen LogP contribution in [0.2, 0.25) is 0 Å². The van der Waals surface area contributed by atoms with Crippen LogP contribution in [0.15, 0.2) is 35.5 Å². The van der Waals surface area contributed by atoms with Crippen LogP contribution in [-0.4, -0.2) is 49.1 Å². The molecule has 0 radical (unpaired) electrons. The monoisotopic (exact) mass is 321 g/mol. The van der Waals surface area contributed by atoms with E-state index in [1.807, 2.05) is 30.3 Å². The van der Waals surface area contributed by atoms with Crippen LogP contribution in [0.25, 0.3) is 0 Å². The molecule has 0 fully saturated rings. The molecular formula is C15H19N3O5. The van der Waals surface area contributed by atoms with Crippen LogP contribution in [0.5, 0.6) is 0 Å². The lowest BCUT2D eigenvalue weighted by atomic mass is 10.2. The Kier molecular flexibility index (Phi) is 5.93. The van der Waals surface area contributed by atoms with Gasteiger partial charge < -0.3 is 20.0 Å². The van der Waals surface area contributed by atoms with E-state index in [2.05, 4.69) is 5.16 Å². The Labute approximate surface area is 133 Å². The lowest BCUT2D eigenvalue weighted by molar-refractivity contribution is -0.129. The minimum atomic E-state index is -0.765. The number of oxime groups is 1. The van der Waals surface area contributed by atoms with Crippen molar-refractivity contribution in [3.8, 4) is 0 Å². The molecule has 1 aliphatic heterocycles. The Hall–Kier alpha value is -2.61. The molecule has 2 amide bonds. The molecule has 1 aliphatic rings. The SMILES string of the molecule is COC1=NOC(CN(C(=O)CN)C(=O)OCc2ccccc2)C1. The largest absolute Gasteiger partial charge is 0.482 e. The molecule has 1 aromatic rings. The summed E-state index contributed by atoms with van der Waals surface area (Å²) in [5.74, 6) is -0.134. The highest BCUT2D eigenvalue weighted by Crippen LogP contribution is 2.13. The van der Waals surface area contributed by atoms with Gasteiger partial charge in [-0.15, -0.1) is 0 Å². The summed E-state index contributed by atoms with van der Waals surface area (Å²) in [5, 5.41) is 3.70. The summed E-state index contributed by atoms with van der Waals surface area (Å²) in [6, 6.07) is 9.17. The summed E-state index contributed by atoms with van der Waals surface area (Å²) in [6.45, 7) is -0.232. The number of carbonyl (C=O) groups excluding carboxylic acids is 2. The fraction of sp³-hybridized carbons (Fsp3) is 0.400. The Balaban J connectivity index is 1.92. The number of nitrogens with two attached hydrogens (primary N) is 1. The van der Waals surface area contributed by atoms with Crippen molar-refractivity contribution in [1.82, 2.24) is 4.90 Å². The van der Waals surface area contributed by atoms with Crippen molar-refractivity contribution in [2.75, 3.05) is 20.2 Å². The summed E-state index contributed by atoms with van der Waals surface area (Å²) in [6.07, 6.45) is -0.861. The summed E-state index contributed by atoms with van der Waals surface area (Å²) < 4.78 is 10.1. The van der Waals surface area contributed by atoms with Crippen molar-refractivity contribution in [2.45, 2.75) is 19.1 Å². The Bertz CT molecular complexity index is 576. The zero-order valence-corrected chi connectivity index (χ0v) is 12.8. The molecule has 0 saturated heterocycles. The molecule has 124 valence electrons. The van der Waals surface area contributed by atoms with E-state index in [0.717, 1.165) is 10.5 Å². The number of carbonyl (C=O) groups is 2. The number of hydrogen-bond donors (Lipinski definition) is 1. The Morgan fingerprint density at radius 1 is 1.39 bits per heavy atom. The number of benzene rings is 1. The number of hydrogen-bond acceptors (Lipinski definition) is 7. The normalized spacial score (nSPS) is 16.3. The maximum atomic E-state index is 12.2. The zero-order chi connectivity index (χ0) is 16.7. The van der Waals surface area contributed by atoms with Gasteiger partial charge in [-0.3, -0.25) is 4.79 Å². The first-order valence-electron chi connectivity index (χ1n) is 7.11. The molecule has 8 heteroatoms. The maximum absolute atomic E-state index is 12.2. The van der Waals surface area contributed by atoms with E-state index in [4.69, 9.17) is 20.0 Å². The number of amides is 2. The van der Waals surface area contributed by atoms with Crippen molar-refractivity contribution in [1.29, 1.82) is 0 Å². The molecule has 0 bridgehead atoms. The smallest absolute Gasteiger partial charge is 0.417 e. The van der Waals surface area contributed by atoms with Crippen LogP contribution in [-0.2, 0) is 25.7 Å². The minimum Gasteiger partial charge on any atom is -0.482 e. The highest BCUT2D eigenvalue weighted by atomic mass is 16.7. The molecular weight excluding hydrogens is 302 g/mol. The third-order valence-corrected chi connectivity index (χ3v) is 3.23. The quantitative estimate of drug-likeness (QED) is 0.862. The van der Waals surface area contributed by atoms with E-state index in [-0.39, 0.29) is 19.7 Å². The molecule has 0 aromatic heterocycles. The first kappa shape index (κ1) is 16.8. The third kappa shape index (κ3) is 4.68. The molecule has 8 nitrogen and oxygen atoms in total. The molecule has 0 saturated carbocycles. The van der Waals surface area contributed by atoms with Crippen molar-refractivity contribution < 1.29 is 23.9 Å². The van der Waals surface area contributed by atoms with Crippen LogP contribution in [0, 0.1) is 0 Å². The standard InChI is InChI=1S/C15H19N3O5/c1-21-13-7-12(23-17-13)9-18(14(19)8-16)15(20)22-10-11-5-3-2-4-6-11/h2-6,12H,7-10,16H2,1H3. The summed E-state index contributed by atoms with van der Waals surface area (Å²) >= 11 is 0. The van der Waals surface area contributed by atoms with Crippen LogP contribution in [0.1, 0.15) is 12.0 Å². The number of rotatable bonds is 5. The second-order valence-electron chi connectivity index (χ2n) is 4.87. The van der Waals surface area contributed by atoms with Gasteiger partial charge in [0.2, 0.25) is 11.8 Å². The van der Waals surface area contributed by atoms with Gasteiger partial charge in [0.15, 0.2) is 6.10 Å². The van der Waals surface area contributed by atoms with Crippen molar-refractivity contribution in [2.24, 2.45) is 10.9 Å². The van der Waals surface area contributed by atoms with E-state index in [0.29, 0.717) is 12.3 Å². The highest BCUT2D eigenvalue weighted by Gasteiger charge is 2.30. The average molecular weight is 321 g/mol. The molecule has 2 rings (SSSR count). The van der Waals surface area contributed by atoms with Gasteiger partial charge in [-0.25, -0.2) is 9.69 Å². The van der Waals surface area contributed by atoms with E-state index < -0.39 is 18.1 Å². The Morgan fingerprint density at radius 3 is 2.74 bits per heavy atom. The van der Waals surface area contributed by atoms with E-state index >= 15 is 0 Å². The molecule has 1 atom stereocenters. The topological polar surface area (TPSA) is 103 Å². The fourth-order valence-corrected chi connectivity index (χ4v) is 2.01. The zero-order valence-electron chi connectivity index (χ0n) is 12.8. The van der Waals surface area contributed by atoms with Gasteiger partial charge in [0.25, 0.3) is 0 Å². The van der Waals surface area contributed by atoms with Crippen LogP contribution in [0.4, 0.5) is 4.79 Å². The molecule has 1 unspecified atom stereocenters. The summed E-state index contributed by atoms with van der Waals surface area (Å²) in [5.41, 5.74) is 6.17. The van der Waals surface area contributed by atoms with Gasteiger partial charge in [-0.2, -0.15) is 0 Å². The first-order valence-corrected chi connectivity index (χ1v) is 7.11. The Morgan fingerprint density at radius 2 is 2.13 bits per heavy atom. The predicted molar refractivity (Wildman–Crippen MR) is 81.3 cm³/mol. The molecule has 0 aliphatic carbocycles. The number of nitrogens with zero attached hydrogens (tertiary/aromatic N) is 2. The van der Waals surface area contributed by atoms with Gasteiger partial charge in [-0.05, 0) is 5.56 Å². The van der Waals surface area contributed by atoms with Crippen molar-refractivity contribution in [3.63, 3.8) is 0 Å². The van der Waals surface area contributed by atoms with Crippen molar-refractivity contribution >= 4 is 17.9 Å². The highest BCUT2D eigenvalue weighted by molar-refractivity contribution is 5.93. The second kappa shape index (κ2) is 8.14.